The third-order valence-electron chi connectivity index (χ3n) is 5.19. The Hall–Kier alpha value is -3.42. The average molecular weight is 436 g/mol. The lowest BCUT2D eigenvalue weighted by atomic mass is 10.0. The quantitative estimate of drug-likeness (QED) is 0.445. The smallest absolute Gasteiger partial charge is 0.257 e. The van der Waals surface area contributed by atoms with Gasteiger partial charge in [0.15, 0.2) is 6.10 Å². The minimum absolute atomic E-state index is 0.405. The Labute approximate surface area is 184 Å². The first kappa shape index (κ1) is 20.8. The zero-order valence-corrected chi connectivity index (χ0v) is 18.1. The molecule has 8 heteroatoms. The van der Waals surface area contributed by atoms with E-state index in [1.54, 1.807) is 36.5 Å². The summed E-state index contributed by atoms with van der Waals surface area (Å²) in [6.45, 7) is 5.80. The van der Waals surface area contributed by atoms with Gasteiger partial charge in [-0.05, 0) is 56.2 Å². The summed E-state index contributed by atoms with van der Waals surface area (Å²) in [5, 5.41) is 13.6. The number of imidazole rings is 1. The second-order valence-corrected chi connectivity index (χ2v) is 7.89. The number of fused-ring (bicyclic) bond motifs is 1. The number of rotatable bonds is 4. The number of nitrogens with one attached hydrogen (secondary N) is 1. The topological polar surface area (TPSA) is 106 Å². The molecule has 0 saturated carbocycles. The van der Waals surface area contributed by atoms with Crippen LogP contribution in [-0.2, 0) is 4.79 Å². The molecule has 1 atom stereocenters. The van der Waals surface area contributed by atoms with Crippen molar-refractivity contribution in [1.82, 2.24) is 14.4 Å². The van der Waals surface area contributed by atoms with Gasteiger partial charge in [0.05, 0.1) is 0 Å². The highest BCUT2D eigenvalue weighted by Gasteiger charge is 2.20. The highest BCUT2D eigenvalue weighted by atomic mass is 35.5. The molecule has 0 saturated heterocycles. The van der Waals surface area contributed by atoms with E-state index < -0.39 is 12.0 Å². The van der Waals surface area contributed by atoms with Crippen molar-refractivity contribution in [3.63, 3.8) is 0 Å². The van der Waals surface area contributed by atoms with E-state index in [1.165, 1.54) is 0 Å². The van der Waals surface area contributed by atoms with Crippen molar-refractivity contribution in [3.05, 3.63) is 76.3 Å². The molecule has 4 N–H and O–H groups in total. The molecule has 2 heterocycles. The van der Waals surface area contributed by atoms with Crippen LogP contribution in [0, 0.1) is 20.8 Å². The molecular formula is C23H22ClN5O2. The van der Waals surface area contributed by atoms with E-state index in [0.29, 0.717) is 22.1 Å². The zero-order chi connectivity index (χ0) is 22.3. The lowest BCUT2D eigenvalue weighted by molar-refractivity contribution is -0.124. The summed E-state index contributed by atoms with van der Waals surface area (Å²) in [4.78, 5) is 21.5. The monoisotopic (exact) mass is 435 g/mol. The van der Waals surface area contributed by atoms with Crippen LogP contribution < -0.4 is 11.1 Å². The van der Waals surface area contributed by atoms with Crippen molar-refractivity contribution in [3.8, 4) is 11.3 Å². The SMILES string of the molecule is Cc1cc(NC(=O)[C@@H](O)c2cccc(Cl)c2)ccc1-c1nc(C)n2c(C)cnc(N)c12. The molecule has 0 unspecified atom stereocenters. The maximum Gasteiger partial charge on any atom is 0.257 e. The minimum Gasteiger partial charge on any atom is -0.382 e. The Balaban J connectivity index is 1.65. The summed E-state index contributed by atoms with van der Waals surface area (Å²) in [7, 11) is 0. The van der Waals surface area contributed by atoms with Crippen LogP contribution in [0.1, 0.15) is 28.7 Å². The maximum absolute atomic E-state index is 12.5. The molecule has 1 amide bonds. The van der Waals surface area contributed by atoms with Crippen molar-refractivity contribution in [2.45, 2.75) is 26.9 Å². The number of carbonyl (C=O) groups is 1. The highest BCUT2D eigenvalue weighted by Crippen LogP contribution is 2.32. The van der Waals surface area contributed by atoms with E-state index in [9.17, 15) is 9.90 Å². The molecule has 158 valence electrons. The first-order chi connectivity index (χ1) is 14.8. The summed E-state index contributed by atoms with van der Waals surface area (Å²) in [6.07, 6.45) is 0.393. The largest absolute Gasteiger partial charge is 0.382 e. The number of hydrogen-bond donors (Lipinski definition) is 3. The molecule has 7 nitrogen and oxygen atoms in total. The van der Waals surface area contributed by atoms with E-state index >= 15 is 0 Å². The van der Waals surface area contributed by atoms with Gasteiger partial charge in [-0.1, -0.05) is 29.8 Å². The number of nitrogen functional groups attached to an aromatic ring is 1. The average Bonchev–Trinajstić information content (AvgIpc) is 3.08. The van der Waals surface area contributed by atoms with Gasteiger partial charge < -0.3 is 16.2 Å². The van der Waals surface area contributed by atoms with Crippen molar-refractivity contribution in [2.75, 3.05) is 11.1 Å². The van der Waals surface area contributed by atoms with Gasteiger partial charge in [0.1, 0.15) is 22.9 Å². The van der Waals surface area contributed by atoms with Gasteiger partial charge in [0, 0.05) is 28.2 Å². The van der Waals surface area contributed by atoms with E-state index in [1.807, 2.05) is 37.3 Å². The van der Waals surface area contributed by atoms with Crippen LogP contribution >= 0.6 is 11.6 Å². The normalized spacial score (nSPS) is 12.2. The van der Waals surface area contributed by atoms with Crippen molar-refractivity contribution in [1.29, 1.82) is 0 Å². The number of anilines is 2. The third kappa shape index (κ3) is 3.85. The molecule has 2 aromatic heterocycles. The number of nitrogens with two attached hydrogens (primary N) is 1. The van der Waals surface area contributed by atoms with E-state index in [0.717, 1.165) is 33.9 Å². The molecule has 4 rings (SSSR count). The number of carbonyl (C=O) groups excluding carboxylic acids is 1. The fourth-order valence-corrected chi connectivity index (χ4v) is 3.91. The maximum atomic E-state index is 12.5. The number of aromatic nitrogens is 3. The van der Waals surface area contributed by atoms with Crippen molar-refractivity contribution < 1.29 is 9.90 Å². The Morgan fingerprint density at radius 1 is 1.19 bits per heavy atom. The predicted octanol–water partition coefficient (Wildman–Crippen LogP) is 4.23. The van der Waals surface area contributed by atoms with Crippen LogP contribution in [0.2, 0.25) is 5.02 Å². The minimum atomic E-state index is -1.33. The zero-order valence-electron chi connectivity index (χ0n) is 17.3. The molecule has 0 aliphatic rings. The molecule has 2 aromatic carbocycles. The number of aryl methyl sites for hydroxylation is 3. The fraction of sp³-hybridized carbons (Fsp3) is 0.174. The summed E-state index contributed by atoms with van der Waals surface area (Å²) in [6, 6.07) is 12.1. The Morgan fingerprint density at radius 3 is 2.68 bits per heavy atom. The highest BCUT2D eigenvalue weighted by molar-refractivity contribution is 6.30. The molecule has 0 radical (unpaired) electrons. The second-order valence-electron chi connectivity index (χ2n) is 7.45. The Kier molecular flexibility index (Phi) is 5.39. The predicted molar refractivity (Wildman–Crippen MR) is 122 cm³/mol. The lowest BCUT2D eigenvalue weighted by Gasteiger charge is -2.13. The van der Waals surface area contributed by atoms with Crippen LogP contribution in [0.25, 0.3) is 16.8 Å². The Morgan fingerprint density at radius 2 is 1.97 bits per heavy atom. The Bertz CT molecular complexity index is 1320. The number of aliphatic hydroxyl groups excluding tert-OH is 1. The first-order valence-corrected chi connectivity index (χ1v) is 10.1. The summed E-state index contributed by atoms with van der Waals surface area (Å²) in [5.74, 6) is 0.683. The van der Waals surface area contributed by atoms with Crippen LogP contribution in [0.5, 0.6) is 0 Å². The van der Waals surface area contributed by atoms with Crippen LogP contribution in [-0.4, -0.2) is 25.4 Å². The van der Waals surface area contributed by atoms with Gasteiger partial charge in [0.25, 0.3) is 5.91 Å². The van der Waals surface area contributed by atoms with Gasteiger partial charge in [0.2, 0.25) is 0 Å². The second kappa shape index (κ2) is 8.02. The van der Waals surface area contributed by atoms with Crippen LogP contribution in [0.15, 0.2) is 48.7 Å². The van der Waals surface area contributed by atoms with E-state index in [2.05, 4.69) is 10.3 Å². The molecule has 4 aromatic rings. The van der Waals surface area contributed by atoms with Crippen molar-refractivity contribution >= 4 is 34.5 Å². The van der Waals surface area contributed by atoms with E-state index in [4.69, 9.17) is 22.3 Å². The number of nitrogens with zero attached hydrogens (tertiary/aromatic N) is 3. The van der Waals surface area contributed by atoms with Gasteiger partial charge in [-0.2, -0.15) is 0 Å². The first-order valence-electron chi connectivity index (χ1n) is 9.72. The lowest BCUT2D eigenvalue weighted by Crippen LogP contribution is -2.20. The number of aliphatic hydroxyl groups is 1. The molecule has 0 aliphatic heterocycles. The van der Waals surface area contributed by atoms with Gasteiger partial charge in [-0.25, -0.2) is 9.97 Å². The summed E-state index contributed by atoms with van der Waals surface area (Å²) >= 11 is 5.95. The molecule has 0 bridgehead atoms. The van der Waals surface area contributed by atoms with E-state index in [-0.39, 0.29) is 0 Å². The molecule has 0 aliphatic carbocycles. The van der Waals surface area contributed by atoms with Gasteiger partial charge >= 0.3 is 0 Å². The molecule has 31 heavy (non-hydrogen) atoms. The number of amides is 1. The molecular weight excluding hydrogens is 414 g/mol. The van der Waals surface area contributed by atoms with Crippen LogP contribution in [0.3, 0.4) is 0 Å². The van der Waals surface area contributed by atoms with Gasteiger partial charge in [-0.15, -0.1) is 0 Å². The van der Waals surface area contributed by atoms with Crippen molar-refractivity contribution in [2.24, 2.45) is 0 Å². The van der Waals surface area contributed by atoms with Gasteiger partial charge in [-0.3, -0.25) is 9.20 Å². The third-order valence-corrected chi connectivity index (χ3v) is 5.43. The summed E-state index contributed by atoms with van der Waals surface area (Å²) < 4.78 is 1.98. The number of hydrogen-bond acceptors (Lipinski definition) is 5. The molecule has 0 fully saturated rings. The fourth-order valence-electron chi connectivity index (χ4n) is 3.72. The number of benzene rings is 2. The standard InChI is InChI=1S/C23H22ClN5O2/c1-12-9-17(28-23(31)21(30)15-5-4-6-16(24)10-15)7-8-18(12)19-20-22(25)26-11-13(2)29(20)14(3)27-19/h4-11,21,30H,1-3H3,(H2,25,26)(H,28,31)/t21-/m0/s1. The number of halogens is 1. The summed E-state index contributed by atoms with van der Waals surface area (Å²) in [5.41, 5.74) is 11.4. The molecule has 0 spiro atoms. The van der Waals surface area contributed by atoms with Crippen LogP contribution in [0.4, 0.5) is 11.5 Å².